The third-order valence-electron chi connectivity index (χ3n) is 10.8. The quantitative estimate of drug-likeness (QED) is 0.474. The van der Waals surface area contributed by atoms with E-state index in [1.54, 1.807) is 0 Å². The van der Waals surface area contributed by atoms with Gasteiger partial charge in [-0.05, 0) is 104 Å². The first kappa shape index (κ1) is 23.6. The van der Waals surface area contributed by atoms with E-state index in [-0.39, 0.29) is 17.6 Å². The first-order valence-electron chi connectivity index (χ1n) is 13.4. The Bertz CT molecular complexity index is 708. The fraction of sp³-hybridized carbons (Fsp3) is 0.862. The molecule has 0 aromatic heterocycles. The highest BCUT2D eigenvalue weighted by atomic mass is 16.3. The molecule has 0 aromatic rings. The Kier molecular flexibility index (Phi) is 6.56. The largest absolute Gasteiger partial charge is 0.393 e. The minimum absolute atomic E-state index is 0.194. The van der Waals surface area contributed by atoms with Gasteiger partial charge in [0.2, 0.25) is 0 Å². The first-order chi connectivity index (χ1) is 14.6. The maximum Gasteiger partial charge on any atom is 0.0757 e. The van der Waals surface area contributed by atoms with E-state index in [0.29, 0.717) is 40.9 Å². The predicted molar refractivity (Wildman–Crippen MR) is 130 cm³/mol. The maximum atomic E-state index is 11.3. The van der Waals surface area contributed by atoms with Crippen molar-refractivity contribution in [2.75, 3.05) is 0 Å². The third-order valence-corrected chi connectivity index (χ3v) is 10.8. The summed E-state index contributed by atoms with van der Waals surface area (Å²) >= 11 is 0. The summed E-state index contributed by atoms with van der Waals surface area (Å²) in [6.45, 7) is 14.5. The van der Waals surface area contributed by atoms with Crippen molar-refractivity contribution in [2.45, 2.75) is 105 Å². The second-order valence-corrected chi connectivity index (χ2v) is 12.6. The van der Waals surface area contributed by atoms with Crippen LogP contribution >= 0.6 is 0 Å². The van der Waals surface area contributed by atoms with Crippen LogP contribution in [-0.4, -0.2) is 22.4 Å². The maximum absolute atomic E-state index is 11.3. The molecule has 4 rings (SSSR count). The Morgan fingerprint density at radius 3 is 2.42 bits per heavy atom. The number of aliphatic hydroxyl groups excluding tert-OH is 2. The monoisotopic (exact) mass is 428 g/mol. The molecule has 0 unspecified atom stereocenters. The average Bonchev–Trinajstić information content (AvgIpc) is 3.06. The Morgan fingerprint density at radius 2 is 1.74 bits per heavy atom. The van der Waals surface area contributed by atoms with Crippen molar-refractivity contribution in [1.29, 1.82) is 0 Å². The molecular weight excluding hydrogens is 380 g/mol. The summed E-state index contributed by atoms with van der Waals surface area (Å²) in [5, 5.41) is 21.6. The van der Waals surface area contributed by atoms with Crippen molar-refractivity contribution in [3.8, 4) is 0 Å². The molecule has 3 fully saturated rings. The molecule has 0 radical (unpaired) electrons. The molecule has 2 nitrogen and oxygen atoms in total. The fourth-order valence-electron chi connectivity index (χ4n) is 8.82. The number of rotatable bonds is 5. The molecule has 3 saturated carbocycles. The van der Waals surface area contributed by atoms with Gasteiger partial charge >= 0.3 is 0 Å². The Balaban J connectivity index is 1.56. The van der Waals surface area contributed by atoms with Gasteiger partial charge in [-0.2, -0.15) is 0 Å². The minimum atomic E-state index is -0.321. The van der Waals surface area contributed by atoms with E-state index in [1.807, 2.05) is 0 Å². The first-order valence-corrected chi connectivity index (χ1v) is 13.4. The van der Waals surface area contributed by atoms with Gasteiger partial charge in [0.25, 0.3) is 0 Å². The van der Waals surface area contributed by atoms with Gasteiger partial charge in [-0.15, -0.1) is 0 Å². The molecule has 0 bridgehead atoms. The number of aliphatic hydroxyl groups is 2. The zero-order chi connectivity index (χ0) is 22.6. The van der Waals surface area contributed by atoms with Crippen molar-refractivity contribution >= 4 is 0 Å². The van der Waals surface area contributed by atoms with Crippen LogP contribution in [0.3, 0.4) is 0 Å². The van der Waals surface area contributed by atoms with Crippen LogP contribution in [0, 0.1) is 52.3 Å². The second-order valence-electron chi connectivity index (χ2n) is 12.6. The molecule has 2 N–H and O–H groups in total. The van der Waals surface area contributed by atoms with Crippen LogP contribution in [0.25, 0.3) is 0 Å². The lowest BCUT2D eigenvalue weighted by Gasteiger charge is -2.59. The third kappa shape index (κ3) is 3.88. The molecule has 0 aliphatic heterocycles. The van der Waals surface area contributed by atoms with Crippen LogP contribution in [0.15, 0.2) is 23.8 Å². The van der Waals surface area contributed by atoms with Crippen molar-refractivity contribution in [2.24, 2.45) is 52.3 Å². The molecule has 176 valence electrons. The second kappa shape index (κ2) is 8.64. The lowest BCUT2D eigenvalue weighted by atomic mass is 9.46. The summed E-state index contributed by atoms with van der Waals surface area (Å²) < 4.78 is 0. The molecule has 0 spiro atoms. The topological polar surface area (TPSA) is 40.5 Å². The highest BCUT2D eigenvalue weighted by Gasteiger charge is 2.61. The van der Waals surface area contributed by atoms with E-state index in [0.717, 1.165) is 25.2 Å². The van der Waals surface area contributed by atoms with Gasteiger partial charge < -0.3 is 10.2 Å². The Hall–Kier alpha value is -0.600. The smallest absolute Gasteiger partial charge is 0.0757 e. The van der Waals surface area contributed by atoms with Crippen molar-refractivity contribution in [1.82, 2.24) is 0 Å². The minimum Gasteiger partial charge on any atom is -0.393 e. The zero-order valence-corrected chi connectivity index (χ0v) is 21.0. The highest BCUT2D eigenvalue weighted by Crippen LogP contribution is 2.67. The SMILES string of the molecule is CC[C@H](/C=C/[C@@H](C)[C@H]1CC[C@H]2[C@@H]3[C@@H](O)C=C4C[C@@H](O)CC[C@]4(C)[C@H]3CC[C@]12C)C(C)C. The summed E-state index contributed by atoms with van der Waals surface area (Å²) in [6, 6.07) is 0. The molecule has 2 heteroatoms. The number of allylic oxidation sites excluding steroid dienone is 2. The van der Waals surface area contributed by atoms with Gasteiger partial charge in [0.1, 0.15) is 0 Å². The predicted octanol–water partition coefficient (Wildman–Crippen LogP) is 6.77. The summed E-state index contributed by atoms with van der Waals surface area (Å²) in [4.78, 5) is 0. The molecule has 0 heterocycles. The fourth-order valence-corrected chi connectivity index (χ4v) is 8.82. The molecule has 0 saturated heterocycles. The molecule has 4 aliphatic carbocycles. The number of fused-ring (bicyclic) bond motifs is 5. The molecular formula is C29H48O2. The summed E-state index contributed by atoms with van der Waals surface area (Å²) in [5.41, 5.74) is 1.90. The summed E-state index contributed by atoms with van der Waals surface area (Å²) in [5.74, 6) is 4.38. The van der Waals surface area contributed by atoms with E-state index < -0.39 is 0 Å². The highest BCUT2D eigenvalue weighted by molar-refractivity contribution is 5.28. The van der Waals surface area contributed by atoms with Crippen LogP contribution in [0.2, 0.25) is 0 Å². The van der Waals surface area contributed by atoms with Crippen molar-refractivity contribution < 1.29 is 10.2 Å². The molecule has 31 heavy (non-hydrogen) atoms. The standard InChI is InChI=1S/C29H48O2/c1-7-20(18(2)3)9-8-19(4)23-10-11-24-27-25(13-15-29(23,24)6)28(5)14-12-22(30)16-21(28)17-26(27)31/h8-9,17-20,22-27,30-31H,7,10-16H2,1-6H3/b9-8+/t19-,20-,22+,23-,24+,25+,26+,27+,28+,29-/m1/s1. The lowest BCUT2D eigenvalue weighted by Crippen LogP contribution is -2.54. The van der Waals surface area contributed by atoms with Crippen molar-refractivity contribution in [3.63, 3.8) is 0 Å². The van der Waals surface area contributed by atoms with Gasteiger partial charge in [-0.1, -0.05) is 65.3 Å². The average molecular weight is 429 g/mol. The molecule has 0 aromatic carbocycles. The molecule has 4 aliphatic rings. The number of hydrogen-bond donors (Lipinski definition) is 2. The Labute approximate surface area is 191 Å². The summed E-state index contributed by atoms with van der Waals surface area (Å²) in [7, 11) is 0. The van der Waals surface area contributed by atoms with Crippen LogP contribution in [0.4, 0.5) is 0 Å². The zero-order valence-electron chi connectivity index (χ0n) is 21.0. The Morgan fingerprint density at radius 1 is 1.00 bits per heavy atom. The number of hydrogen-bond acceptors (Lipinski definition) is 2. The molecule has 10 atom stereocenters. The van der Waals surface area contributed by atoms with Crippen LogP contribution in [-0.2, 0) is 0 Å². The van der Waals surface area contributed by atoms with Crippen molar-refractivity contribution in [3.05, 3.63) is 23.8 Å². The van der Waals surface area contributed by atoms with Gasteiger partial charge in [0.15, 0.2) is 0 Å². The van der Waals surface area contributed by atoms with Crippen LogP contribution in [0.1, 0.15) is 92.9 Å². The van der Waals surface area contributed by atoms with Gasteiger partial charge in [0, 0.05) is 0 Å². The van der Waals surface area contributed by atoms with Gasteiger partial charge in [-0.25, -0.2) is 0 Å². The molecule has 0 amide bonds. The van der Waals surface area contributed by atoms with Crippen LogP contribution < -0.4 is 0 Å². The van der Waals surface area contributed by atoms with Gasteiger partial charge in [0.05, 0.1) is 12.2 Å². The van der Waals surface area contributed by atoms with Gasteiger partial charge in [-0.3, -0.25) is 0 Å². The van der Waals surface area contributed by atoms with E-state index in [4.69, 9.17) is 0 Å². The van der Waals surface area contributed by atoms with E-state index >= 15 is 0 Å². The summed E-state index contributed by atoms with van der Waals surface area (Å²) in [6.07, 6.45) is 15.9. The van der Waals surface area contributed by atoms with E-state index in [2.05, 4.69) is 59.8 Å². The van der Waals surface area contributed by atoms with E-state index in [9.17, 15) is 10.2 Å². The lowest BCUT2D eigenvalue weighted by molar-refractivity contribution is -0.0950. The van der Waals surface area contributed by atoms with E-state index in [1.165, 1.54) is 37.7 Å². The van der Waals surface area contributed by atoms with Crippen LogP contribution in [0.5, 0.6) is 0 Å². The normalized spacial score (nSPS) is 46.9.